The first kappa shape index (κ1) is 21.7. The van der Waals surface area contributed by atoms with E-state index in [0.717, 1.165) is 75.8 Å². The van der Waals surface area contributed by atoms with E-state index in [1.807, 2.05) is 53.4 Å². The number of piperazine rings is 1. The molecule has 2 fully saturated rings. The van der Waals surface area contributed by atoms with E-state index in [4.69, 9.17) is 0 Å². The lowest BCUT2D eigenvalue weighted by molar-refractivity contribution is -0.115. The van der Waals surface area contributed by atoms with Crippen LogP contribution in [0.5, 0.6) is 0 Å². The molecule has 1 unspecified atom stereocenters. The SMILES string of the molecule is CN1CC(=O)Nc2cc(C(=O)N3CCCC(CN4CCN(c5ccccn5)CC4)C3)ccc21. The lowest BCUT2D eigenvalue weighted by atomic mass is 9.96. The van der Waals surface area contributed by atoms with Crippen LogP contribution in [0.25, 0.3) is 0 Å². The third-order valence-corrected chi connectivity index (χ3v) is 6.98. The number of likely N-dealkylation sites (tertiary alicyclic amines) is 1. The number of amides is 2. The van der Waals surface area contributed by atoms with Crippen LogP contribution in [0.2, 0.25) is 0 Å². The number of pyridine rings is 1. The van der Waals surface area contributed by atoms with Gasteiger partial charge in [0.1, 0.15) is 5.82 Å². The number of piperidine rings is 1. The van der Waals surface area contributed by atoms with E-state index in [9.17, 15) is 9.59 Å². The summed E-state index contributed by atoms with van der Waals surface area (Å²) >= 11 is 0. The lowest BCUT2D eigenvalue weighted by Crippen LogP contribution is -2.50. The molecule has 2 aromatic rings. The maximum atomic E-state index is 13.3. The molecule has 3 aliphatic heterocycles. The summed E-state index contributed by atoms with van der Waals surface area (Å²) in [5, 5.41) is 2.90. The number of hydrogen-bond acceptors (Lipinski definition) is 6. The van der Waals surface area contributed by atoms with Crippen LogP contribution in [-0.2, 0) is 4.79 Å². The third-order valence-electron chi connectivity index (χ3n) is 6.98. The number of likely N-dealkylation sites (N-methyl/N-ethyl adjacent to an activating group) is 1. The van der Waals surface area contributed by atoms with E-state index in [1.54, 1.807) is 0 Å². The number of carbonyl (C=O) groups is 2. The van der Waals surface area contributed by atoms with E-state index in [0.29, 0.717) is 18.0 Å². The average molecular weight is 449 g/mol. The van der Waals surface area contributed by atoms with Crippen LogP contribution in [-0.4, -0.2) is 86.0 Å². The number of anilines is 3. The summed E-state index contributed by atoms with van der Waals surface area (Å²) in [5.41, 5.74) is 2.32. The Balaban J connectivity index is 1.17. The number of rotatable bonds is 4. The van der Waals surface area contributed by atoms with Gasteiger partial charge in [-0.25, -0.2) is 4.98 Å². The highest BCUT2D eigenvalue weighted by atomic mass is 16.2. The Morgan fingerprint density at radius 3 is 2.76 bits per heavy atom. The van der Waals surface area contributed by atoms with Crippen molar-refractivity contribution in [3.05, 3.63) is 48.2 Å². The zero-order valence-electron chi connectivity index (χ0n) is 19.2. The van der Waals surface area contributed by atoms with Gasteiger partial charge in [-0.2, -0.15) is 0 Å². The predicted molar refractivity (Wildman–Crippen MR) is 130 cm³/mol. The van der Waals surface area contributed by atoms with Crippen molar-refractivity contribution in [2.24, 2.45) is 5.92 Å². The lowest BCUT2D eigenvalue weighted by Gasteiger charge is -2.39. The Kier molecular flexibility index (Phi) is 6.17. The second kappa shape index (κ2) is 9.39. The smallest absolute Gasteiger partial charge is 0.253 e. The first-order valence-corrected chi connectivity index (χ1v) is 11.9. The fraction of sp³-hybridized carbons (Fsp3) is 0.480. The average Bonchev–Trinajstić information content (AvgIpc) is 2.84. The minimum absolute atomic E-state index is 0.0456. The van der Waals surface area contributed by atoms with E-state index in [1.165, 1.54) is 0 Å². The van der Waals surface area contributed by atoms with Gasteiger partial charge < -0.3 is 20.0 Å². The van der Waals surface area contributed by atoms with Crippen LogP contribution in [0.3, 0.4) is 0 Å². The van der Waals surface area contributed by atoms with Gasteiger partial charge in [-0.3, -0.25) is 14.5 Å². The minimum Gasteiger partial charge on any atom is -0.364 e. The molecule has 0 bridgehead atoms. The van der Waals surface area contributed by atoms with Gasteiger partial charge in [0.25, 0.3) is 5.91 Å². The van der Waals surface area contributed by atoms with Crippen molar-refractivity contribution in [3.8, 4) is 0 Å². The highest BCUT2D eigenvalue weighted by Crippen LogP contribution is 2.30. The molecule has 33 heavy (non-hydrogen) atoms. The van der Waals surface area contributed by atoms with Crippen LogP contribution in [0.4, 0.5) is 17.2 Å². The van der Waals surface area contributed by atoms with E-state index >= 15 is 0 Å². The number of fused-ring (bicyclic) bond motifs is 1. The number of aromatic nitrogens is 1. The normalized spacial score (nSPS) is 21.5. The molecule has 4 heterocycles. The van der Waals surface area contributed by atoms with Crippen molar-refractivity contribution in [2.75, 3.05) is 74.5 Å². The number of benzene rings is 1. The molecule has 5 rings (SSSR count). The molecule has 0 saturated carbocycles. The Bertz CT molecular complexity index is 1010. The zero-order valence-corrected chi connectivity index (χ0v) is 19.2. The van der Waals surface area contributed by atoms with Gasteiger partial charge in [0.05, 0.1) is 17.9 Å². The number of hydrogen-bond donors (Lipinski definition) is 1. The molecule has 8 nitrogen and oxygen atoms in total. The van der Waals surface area contributed by atoms with Crippen molar-refractivity contribution in [3.63, 3.8) is 0 Å². The van der Waals surface area contributed by atoms with Crippen molar-refractivity contribution in [1.29, 1.82) is 0 Å². The van der Waals surface area contributed by atoms with E-state index in [2.05, 4.69) is 26.2 Å². The summed E-state index contributed by atoms with van der Waals surface area (Å²) in [4.78, 5) is 38.4. The summed E-state index contributed by atoms with van der Waals surface area (Å²) in [6.45, 7) is 6.99. The summed E-state index contributed by atoms with van der Waals surface area (Å²) in [5.74, 6) is 1.56. The molecule has 1 N–H and O–H groups in total. The second-order valence-electron chi connectivity index (χ2n) is 9.37. The molecule has 174 valence electrons. The van der Waals surface area contributed by atoms with Crippen LogP contribution < -0.4 is 15.1 Å². The predicted octanol–water partition coefficient (Wildman–Crippen LogP) is 2.14. The summed E-state index contributed by atoms with van der Waals surface area (Å²) in [6, 6.07) is 11.7. The first-order valence-electron chi connectivity index (χ1n) is 11.9. The van der Waals surface area contributed by atoms with Crippen molar-refractivity contribution in [1.82, 2.24) is 14.8 Å². The monoisotopic (exact) mass is 448 g/mol. The van der Waals surface area contributed by atoms with E-state index < -0.39 is 0 Å². The van der Waals surface area contributed by atoms with Gasteiger partial charge in [0, 0.05) is 64.6 Å². The zero-order chi connectivity index (χ0) is 22.8. The topological polar surface area (TPSA) is 72.0 Å². The van der Waals surface area contributed by atoms with Gasteiger partial charge in [0.2, 0.25) is 5.91 Å². The van der Waals surface area contributed by atoms with Gasteiger partial charge in [-0.05, 0) is 49.1 Å². The van der Waals surface area contributed by atoms with Gasteiger partial charge >= 0.3 is 0 Å². The van der Waals surface area contributed by atoms with Crippen LogP contribution >= 0.6 is 0 Å². The molecular formula is C25H32N6O2. The molecule has 0 spiro atoms. The van der Waals surface area contributed by atoms with E-state index in [-0.39, 0.29) is 11.8 Å². The van der Waals surface area contributed by atoms with Gasteiger partial charge in [-0.15, -0.1) is 0 Å². The van der Waals surface area contributed by atoms with Gasteiger partial charge in [0.15, 0.2) is 0 Å². The first-order chi connectivity index (χ1) is 16.1. The molecule has 0 aliphatic carbocycles. The van der Waals surface area contributed by atoms with Gasteiger partial charge in [-0.1, -0.05) is 6.07 Å². The standard InChI is InChI=1S/C25H32N6O2/c1-28-18-24(32)27-21-15-20(7-8-22(21)28)25(33)31-10-4-5-19(17-31)16-29-11-13-30(14-12-29)23-6-2-3-9-26-23/h2-3,6-9,15,19H,4-5,10-14,16-18H2,1H3,(H,27,32). The number of nitrogens with one attached hydrogen (secondary N) is 1. The van der Waals surface area contributed by atoms with Crippen molar-refractivity contribution in [2.45, 2.75) is 12.8 Å². The molecular weight excluding hydrogens is 416 g/mol. The fourth-order valence-corrected chi connectivity index (χ4v) is 5.24. The molecule has 2 saturated heterocycles. The molecule has 1 aromatic carbocycles. The third kappa shape index (κ3) is 4.80. The Labute approximate surface area is 195 Å². The molecule has 0 radical (unpaired) electrons. The molecule has 2 amide bonds. The molecule has 1 atom stereocenters. The number of carbonyl (C=O) groups excluding carboxylic acids is 2. The molecule has 3 aliphatic rings. The van der Waals surface area contributed by atoms with Crippen molar-refractivity contribution >= 4 is 29.0 Å². The Hall–Kier alpha value is -3.13. The van der Waals surface area contributed by atoms with Crippen LogP contribution in [0.1, 0.15) is 23.2 Å². The summed E-state index contributed by atoms with van der Waals surface area (Å²) in [6.07, 6.45) is 4.05. The van der Waals surface area contributed by atoms with Crippen molar-refractivity contribution < 1.29 is 9.59 Å². The highest BCUT2D eigenvalue weighted by Gasteiger charge is 2.28. The largest absolute Gasteiger partial charge is 0.364 e. The summed E-state index contributed by atoms with van der Waals surface area (Å²) < 4.78 is 0. The Morgan fingerprint density at radius 1 is 1.12 bits per heavy atom. The Morgan fingerprint density at radius 2 is 1.97 bits per heavy atom. The summed E-state index contributed by atoms with van der Waals surface area (Å²) in [7, 11) is 1.89. The number of nitrogens with zero attached hydrogens (tertiary/aromatic N) is 5. The molecule has 8 heteroatoms. The van der Waals surface area contributed by atoms with Crippen LogP contribution in [0, 0.1) is 5.92 Å². The quantitative estimate of drug-likeness (QED) is 0.773. The maximum absolute atomic E-state index is 13.3. The molecule has 1 aromatic heterocycles. The second-order valence-corrected chi connectivity index (χ2v) is 9.37. The van der Waals surface area contributed by atoms with Crippen LogP contribution in [0.15, 0.2) is 42.6 Å². The highest BCUT2D eigenvalue weighted by molar-refractivity contribution is 6.03. The maximum Gasteiger partial charge on any atom is 0.253 e. The minimum atomic E-state index is -0.0456. The fourth-order valence-electron chi connectivity index (χ4n) is 5.24.